The molecule has 1 aliphatic rings. The van der Waals surface area contributed by atoms with Crippen molar-refractivity contribution < 1.29 is 13.2 Å². The molecule has 1 fully saturated rings. The van der Waals surface area contributed by atoms with E-state index in [9.17, 15) is 23.2 Å². The number of fused-ring (bicyclic) bond motifs is 1. The molecule has 8 heteroatoms. The minimum Gasteiger partial charge on any atom is -0.405 e. The van der Waals surface area contributed by atoms with Gasteiger partial charge in [-0.25, -0.2) is 18.4 Å². The largest absolute Gasteiger partial charge is 0.405 e. The Kier molecular flexibility index (Phi) is 3.03. The zero-order valence-electron chi connectivity index (χ0n) is 10.9. The lowest BCUT2D eigenvalue weighted by molar-refractivity contribution is 0.00509. The van der Waals surface area contributed by atoms with E-state index in [4.69, 9.17) is 4.42 Å². The summed E-state index contributed by atoms with van der Waals surface area (Å²) in [7, 11) is 0. The fraction of sp³-hybridized carbons (Fsp3) is 0.462. The van der Waals surface area contributed by atoms with Crippen LogP contribution in [0.1, 0.15) is 24.8 Å². The van der Waals surface area contributed by atoms with Gasteiger partial charge in [-0.05, 0) is 24.3 Å². The Labute approximate surface area is 115 Å². The van der Waals surface area contributed by atoms with Crippen molar-refractivity contribution in [2.75, 3.05) is 0 Å². The van der Waals surface area contributed by atoms with Crippen LogP contribution in [0.5, 0.6) is 0 Å². The van der Waals surface area contributed by atoms with E-state index in [1.165, 1.54) is 0 Å². The van der Waals surface area contributed by atoms with E-state index in [1.807, 2.05) is 4.98 Å². The molecule has 0 aliphatic heterocycles. The van der Waals surface area contributed by atoms with Crippen molar-refractivity contribution in [3.05, 3.63) is 42.9 Å². The SMILES string of the molecule is O=c1[nH]c(=O)c2c(C[C@@H]3CCC(F)(F)C3)cc(=O)oc2[nH]1. The number of halogens is 2. The Morgan fingerprint density at radius 2 is 2.05 bits per heavy atom. The van der Waals surface area contributed by atoms with Crippen molar-refractivity contribution in [2.45, 2.75) is 31.6 Å². The lowest BCUT2D eigenvalue weighted by Gasteiger charge is -2.11. The molecule has 0 bridgehead atoms. The van der Waals surface area contributed by atoms with Gasteiger partial charge in [-0.3, -0.25) is 14.8 Å². The first-order chi connectivity index (χ1) is 9.84. The summed E-state index contributed by atoms with van der Waals surface area (Å²) in [4.78, 5) is 38.8. The molecule has 0 radical (unpaired) electrons. The summed E-state index contributed by atoms with van der Waals surface area (Å²) in [6.45, 7) is 0. The van der Waals surface area contributed by atoms with Crippen molar-refractivity contribution >= 4 is 11.1 Å². The van der Waals surface area contributed by atoms with E-state index < -0.39 is 22.8 Å². The Morgan fingerprint density at radius 3 is 2.71 bits per heavy atom. The van der Waals surface area contributed by atoms with Gasteiger partial charge < -0.3 is 4.42 Å². The van der Waals surface area contributed by atoms with Crippen LogP contribution in [0.15, 0.2) is 24.9 Å². The summed E-state index contributed by atoms with van der Waals surface area (Å²) in [6.07, 6.45) is 0.0446. The first kappa shape index (κ1) is 13.7. The summed E-state index contributed by atoms with van der Waals surface area (Å²) in [6, 6.07) is 1.12. The quantitative estimate of drug-likeness (QED) is 0.869. The van der Waals surface area contributed by atoms with Crippen molar-refractivity contribution in [2.24, 2.45) is 5.92 Å². The second kappa shape index (κ2) is 4.64. The maximum Gasteiger partial charge on any atom is 0.337 e. The summed E-state index contributed by atoms with van der Waals surface area (Å²) in [5.74, 6) is -3.00. The van der Waals surface area contributed by atoms with Gasteiger partial charge in [-0.15, -0.1) is 0 Å². The van der Waals surface area contributed by atoms with E-state index in [2.05, 4.69) is 4.98 Å². The van der Waals surface area contributed by atoms with Gasteiger partial charge >= 0.3 is 11.3 Å². The Bertz CT molecular complexity index is 860. The predicted molar refractivity (Wildman–Crippen MR) is 69.7 cm³/mol. The molecule has 1 aliphatic carbocycles. The van der Waals surface area contributed by atoms with E-state index >= 15 is 0 Å². The van der Waals surface area contributed by atoms with Crippen LogP contribution in [-0.4, -0.2) is 15.9 Å². The molecule has 3 rings (SSSR count). The van der Waals surface area contributed by atoms with Crippen molar-refractivity contribution in [1.29, 1.82) is 0 Å². The fourth-order valence-corrected chi connectivity index (χ4v) is 2.87. The third-order valence-corrected chi connectivity index (χ3v) is 3.74. The number of nitrogens with one attached hydrogen (secondary N) is 2. The number of hydrogen-bond acceptors (Lipinski definition) is 4. The van der Waals surface area contributed by atoms with Gasteiger partial charge in [-0.1, -0.05) is 0 Å². The summed E-state index contributed by atoms with van der Waals surface area (Å²) >= 11 is 0. The lowest BCUT2D eigenvalue weighted by atomic mass is 9.97. The van der Waals surface area contributed by atoms with Crippen LogP contribution in [0.25, 0.3) is 11.1 Å². The molecule has 2 N–H and O–H groups in total. The summed E-state index contributed by atoms with van der Waals surface area (Å²) < 4.78 is 31.2. The molecule has 0 aromatic carbocycles. The average molecular weight is 298 g/mol. The molecular weight excluding hydrogens is 286 g/mol. The zero-order chi connectivity index (χ0) is 15.2. The normalized spacial score (nSPS) is 21.0. The van der Waals surface area contributed by atoms with Crippen LogP contribution in [0, 0.1) is 5.92 Å². The van der Waals surface area contributed by atoms with E-state index in [0.29, 0.717) is 12.0 Å². The second-order valence-electron chi connectivity index (χ2n) is 5.37. The van der Waals surface area contributed by atoms with Crippen molar-refractivity contribution in [3.63, 3.8) is 0 Å². The van der Waals surface area contributed by atoms with Crippen LogP contribution in [0.2, 0.25) is 0 Å². The molecule has 2 aromatic rings. The van der Waals surface area contributed by atoms with Crippen LogP contribution < -0.4 is 16.9 Å². The van der Waals surface area contributed by atoms with Gasteiger partial charge in [0.25, 0.3) is 5.56 Å². The predicted octanol–water partition coefficient (Wildman–Crippen LogP) is 1.15. The van der Waals surface area contributed by atoms with Gasteiger partial charge in [0.2, 0.25) is 11.6 Å². The zero-order valence-corrected chi connectivity index (χ0v) is 10.9. The highest BCUT2D eigenvalue weighted by Crippen LogP contribution is 2.40. The minimum atomic E-state index is -2.69. The smallest absolute Gasteiger partial charge is 0.337 e. The van der Waals surface area contributed by atoms with Crippen LogP contribution in [0.3, 0.4) is 0 Å². The molecule has 1 atom stereocenters. The highest BCUT2D eigenvalue weighted by molar-refractivity contribution is 5.75. The number of alkyl halides is 2. The van der Waals surface area contributed by atoms with E-state index in [0.717, 1.165) is 6.07 Å². The topological polar surface area (TPSA) is 95.9 Å². The Morgan fingerprint density at radius 1 is 1.29 bits per heavy atom. The van der Waals surface area contributed by atoms with Gasteiger partial charge in [-0.2, -0.15) is 0 Å². The first-order valence-electron chi connectivity index (χ1n) is 6.51. The molecule has 1 saturated carbocycles. The number of hydrogen-bond donors (Lipinski definition) is 2. The maximum absolute atomic E-state index is 13.2. The molecule has 0 unspecified atom stereocenters. The number of aromatic nitrogens is 2. The monoisotopic (exact) mass is 298 g/mol. The fourth-order valence-electron chi connectivity index (χ4n) is 2.87. The van der Waals surface area contributed by atoms with Gasteiger partial charge in [0.05, 0.1) is 0 Å². The lowest BCUT2D eigenvalue weighted by Crippen LogP contribution is -2.24. The second-order valence-corrected chi connectivity index (χ2v) is 5.37. The average Bonchev–Trinajstić information content (AvgIpc) is 2.66. The molecule has 21 heavy (non-hydrogen) atoms. The number of rotatable bonds is 2. The van der Waals surface area contributed by atoms with E-state index in [-0.39, 0.29) is 36.3 Å². The molecule has 0 saturated heterocycles. The van der Waals surface area contributed by atoms with Crippen molar-refractivity contribution in [3.8, 4) is 0 Å². The number of aromatic amines is 2. The third kappa shape index (κ3) is 2.65. The van der Waals surface area contributed by atoms with Gasteiger partial charge in [0, 0.05) is 18.9 Å². The van der Waals surface area contributed by atoms with Crippen LogP contribution in [0.4, 0.5) is 8.78 Å². The maximum atomic E-state index is 13.2. The summed E-state index contributed by atoms with van der Waals surface area (Å²) in [5.41, 5.74) is -2.13. The first-order valence-corrected chi connectivity index (χ1v) is 6.51. The minimum absolute atomic E-state index is 0.0319. The molecule has 2 aromatic heterocycles. The third-order valence-electron chi connectivity index (χ3n) is 3.74. The Hall–Kier alpha value is -2.25. The highest BCUT2D eigenvalue weighted by Gasteiger charge is 2.39. The summed E-state index contributed by atoms with van der Waals surface area (Å²) in [5, 5.41) is 0.0319. The molecular formula is C13H12F2N2O4. The standard InChI is InChI=1S/C13H12F2N2O4/c14-13(15)2-1-6(5-13)3-7-4-8(18)21-11-9(7)10(19)16-12(20)17-11/h4,6H,1-3,5H2,(H2,16,17,19,20)/t6-/m0/s1. The van der Waals surface area contributed by atoms with Crippen LogP contribution >= 0.6 is 0 Å². The molecule has 0 spiro atoms. The molecule has 2 heterocycles. The van der Waals surface area contributed by atoms with Crippen LogP contribution in [-0.2, 0) is 6.42 Å². The number of H-pyrrole nitrogens is 2. The molecule has 112 valence electrons. The molecule has 0 amide bonds. The van der Waals surface area contributed by atoms with E-state index in [1.54, 1.807) is 0 Å². The van der Waals surface area contributed by atoms with Gasteiger partial charge in [0.1, 0.15) is 5.39 Å². The van der Waals surface area contributed by atoms with Crippen molar-refractivity contribution in [1.82, 2.24) is 9.97 Å². The van der Waals surface area contributed by atoms with Gasteiger partial charge in [0.15, 0.2) is 0 Å². The Balaban J connectivity index is 2.08. The molecule has 6 nitrogen and oxygen atoms in total. The highest BCUT2D eigenvalue weighted by atomic mass is 19.3.